The first kappa shape index (κ1) is 18.7. The number of nitrogens with one attached hydrogen (secondary N) is 1. The SMILES string of the molecule is CC[C@]1(C)CCCN(C(=O)c2ccc(OC)c(S(=O)(=O)NC)c2)C1. The summed E-state index contributed by atoms with van der Waals surface area (Å²) < 4.78 is 31.7. The highest BCUT2D eigenvalue weighted by Gasteiger charge is 2.32. The molecule has 1 saturated heterocycles. The lowest BCUT2D eigenvalue weighted by Crippen LogP contribution is -2.44. The molecular formula is C17H26N2O4S. The molecule has 1 aliphatic rings. The highest BCUT2D eigenvalue weighted by Crippen LogP contribution is 2.33. The van der Waals surface area contributed by atoms with Crippen LogP contribution in [-0.4, -0.2) is 46.5 Å². The molecule has 0 saturated carbocycles. The smallest absolute Gasteiger partial charge is 0.253 e. The Morgan fingerprint density at radius 1 is 1.42 bits per heavy atom. The molecule has 1 aromatic carbocycles. The van der Waals surface area contributed by atoms with Crippen LogP contribution in [0.1, 0.15) is 43.5 Å². The van der Waals surface area contributed by atoms with Crippen LogP contribution < -0.4 is 9.46 Å². The van der Waals surface area contributed by atoms with Crippen LogP contribution in [0.25, 0.3) is 0 Å². The van der Waals surface area contributed by atoms with E-state index in [1.165, 1.54) is 26.3 Å². The van der Waals surface area contributed by atoms with E-state index < -0.39 is 10.0 Å². The van der Waals surface area contributed by atoms with Crippen LogP contribution in [0.2, 0.25) is 0 Å². The molecule has 1 atom stereocenters. The highest BCUT2D eigenvalue weighted by molar-refractivity contribution is 7.89. The summed E-state index contributed by atoms with van der Waals surface area (Å²) in [6, 6.07) is 4.54. The number of carbonyl (C=O) groups excluding carboxylic acids is 1. The van der Waals surface area contributed by atoms with E-state index in [2.05, 4.69) is 18.6 Å². The molecule has 6 nitrogen and oxygen atoms in total. The number of ether oxygens (including phenoxy) is 1. The van der Waals surface area contributed by atoms with Crippen molar-refractivity contribution in [3.63, 3.8) is 0 Å². The van der Waals surface area contributed by atoms with Crippen LogP contribution in [0.15, 0.2) is 23.1 Å². The van der Waals surface area contributed by atoms with Crippen molar-refractivity contribution in [2.45, 2.75) is 38.0 Å². The number of hydrogen-bond donors (Lipinski definition) is 1. The molecule has 1 amide bonds. The second-order valence-electron chi connectivity index (χ2n) is 6.57. The molecule has 1 aliphatic heterocycles. The van der Waals surface area contributed by atoms with Gasteiger partial charge in [-0.25, -0.2) is 13.1 Å². The molecule has 134 valence electrons. The zero-order valence-electron chi connectivity index (χ0n) is 14.8. The van der Waals surface area contributed by atoms with Gasteiger partial charge in [0.15, 0.2) is 0 Å². The van der Waals surface area contributed by atoms with E-state index in [0.29, 0.717) is 18.7 Å². The van der Waals surface area contributed by atoms with Gasteiger partial charge in [0, 0.05) is 18.7 Å². The van der Waals surface area contributed by atoms with Crippen molar-refractivity contribution in [3.05, 3.63) is 23.8 Å². The number of carbonyl (C=O) groups is 1. The second kappa shape index (κ2) is 7.11. The van der Waals surface area contributed by atoms with Crippen LogP contribution in [-0.2, 0) is 10.0 Å². The van der Waals surface area contributed by atoms with Crippen molar-refractivity contribution < 1.29 is 17.9 Å². The lowest BCUT2D eigenvalue weighted by Gasteiger charge is -2.40. The third kappa shape index (κ3) is 3.72. The number of hydrogen-bond acceptors (Lipinski definition) is 4. The van der Waals surface area contributed by atoms with E-state index in [9.17, 15) is 13.2 Å². The first-order valence-electron chi connectivity index (χ1n) is 8.17. The summed E-state index contributed by atoms with van der Waals surface area (Å²) in [5.74, 6) is 0.0857. The Morgan fingerprint density at radius 2 is 2.12 bits per heavy atom. The molecular weight excluding hydrogens is 328 g/mol. The molecule has 1 N–H and O–H groups in total. The summed E-state index contributed by atoms with van der Waals surface area (Å²) >= 11 is 0. The van der Waals surface area contributed by atoms with Gasteiger partial charge >= 0.3 is 0 Å². The standard InChI is InChI=1S/C17H26N2O4S/c1-5-17(2)9-6-10-19(12-17)16(20)13-7-8-14(23-4)15(11-13)24(21,22)18-3/h7-8,11,18H,5-6,9-10,12H2,1-4H3/t17-/m1/s1. The maximum absolute atomic E-state index is 12.8. The summed E-state index contributed by atoms with van der Waals surface area (Å²) in [7, 11) is -0.961. The fourth-order valence-corrected chi connectivity index (χ4v) is 4.01. The van der Waals surface area contributed by atoms with Gasteiger partial charge in [-0.05, 0) is 49.9 Å². The molecule has 0 aromatic heterocycles. The van der Waals surface area contributed by atoms with Gasteiger partial charge in [0.1, 0.15) is 10.6 Å². The fourth-order valence-electron chi connectivity index (χ4n) is 3.09. The van der Waals surface area contributed by atoms with Crippen molar-refractivity contribution in [2.75, 3.05) is 27.2 Å². The Hall–Kier alpha value is -1.60. The van der Waals surface area contributed by atoms with Gasteiger partial charge in [-0.15, -0.1) is 0 Å². The summed E-state index contributed by atoms with van der Waals surface area (Å²) in [4.78, 5) is 14.6. The number of piperidine rings is 1. The zero-order chi connectivity index (χ0) is 18.0. The van der Waals surface area contributed by atoms with Crippen molar-refractivity contribution in [2.24, 2.45) is 5.41 Å². The average Bonchev–Trinajstić information content (AvgIpc) is 2.60. The van der Waals surface area contributed by atoms with Gasteiger partial charge in [-0.1, -0.05) is 13.8 Å². The van der Waals surface area contributed by atoms with Crippen LogP contribution in [0.4, 0.5) is 0 Å². The van der Waals surface area contributed by atoms with Crippen LogP contribution in [0.5, 0.6) is 5.75 Å². The summed E-state index contributed by atoms with van der Waals surface area (Å²) in [6.45, 7) is 5.73. The zero-order valence-corrected chi connectivity index (χ0v) is 15.6. The monoisotopic (exact) mass is 354 g/mol. The van der Waals surface area contributed by atoms with Gasteiger partial charge in [0.05, 0.1) is 7.11 Å². The molecule has 2 rings (SSSR count). The maximum Gasteiger partial charge on any atom is 0.253 e. The Bertz CT molecular complexity index is 717. The number of benzene rings is 1. The van der Waals surface area contributed by atoms with Crippen molar-refractivity contribution in [1.29, 1.82) is 0 Å². The van der Waals surface area contributed by atoms with E-state index >= 15 is 0 Å². The van der Waals surface area contributed by atoms with E-state index in [1.807, 2.05) is 4.90 Å². The average molecular weight is 354 g/mol. The minimum atomic E-state index is -3.70. The molecule has 24 heavy (non-hydrogen) atoms. The minimum absolute atomic E-state index is 0.0198. The molecule has 1 heterocycles. The molecule has 0 radical (unpaired) electrons. The van der Waals surface area contributed by atoms with E-state index in [0.717, 1.165) is 19.3 Å². The molecule has 1 fully saturated rings. The van der Waals surface area contributed by atoms with Crippen molar-refractivity contribution in [1.82, 2.24) is 9.62 Å². The number of sulfonamides is 1. The number of nitrogens with zero attached hydrogens (tertiary/aromatic N) is 1. The van der Waals surface area contributed by atoms with Crippen LogP contribution in [0, 0.1) is 5.41 Å². The van der Waals surface area contributed by atoms with Crippen molar-refractivity contribution >= 4 is 15.9 Å². The Balaban J connectivity index is 2.35. The van der Waals surface area contributed by atoms with Crippen molar-refractivity contribution in [3.8, 4) is 5.75 Å². The highest BCUT2D eigenvalue weighted by atomic mass is 32.2. The molecule has 0 unspecified atom stereocenters. The van der Waals surface area contributed by atoms with E-state index in [4.69, 9.17) is 4.74 Å². The Labute approximate surface area is 144 Å². The molecule has 1 aromatic rings. The van der Waals surface area contributed by atoms with Gasteiger partial charge in [0.25, 0.3) is 5.91 Å². The molecule has 0 aliphatic carbocycles. The van der Waals surface area contributed by atoms with Crippen LogP contribution in [0.3, 0.4) is 0 Å². The number of rotatable bonds is 5. The Morgan fingerprint density at radius 3 is 2.71 bits per heavy atom. The Kier molecular flexibility index (Phi) is 5.55. The minimum Gasteiger partial charge on any atom is -0.495 e. The van der Waals surface area contributed by atoms with Gasteiger partial charge in [-0.3, -0.25) is 4.79 Å². The quantitative estimate of drug-likeness (QED) is 0.880. The maximum atomic E-state index is 12.8. The lowest BCUT2D eigenvalue weighted by atomic mass is 9.79. The molecule has 7 heteroatoms. The lowest BCUT2D eigenvalue weighted by molar-refractivity contribution is 0.0542. The largest absolute Gasteiger partial charge is 0.495 e. The predicted octanol–water partition coefficient (Wildman–Crippen LogP) is 2.26. The third-order valence-corrected chi connectivity index (χ3v) is 6.33. The van der Waals surface area contributed by atoms with E-state index in [-0.39, 0.29) is 22.0 Å². The number of methoxy groups -OCH3 is 1. The summed E-state index contributed by atoms with van der Waals surface area (Å²) in [5, 5.41) is 0. The van der Waals surface area contributed by atoms with E-state index in [1.54, 1.807) is 6.07 Å². The fraction of sp³-hybridized carbons (Fsp3) is 0.588. The summed E-state index contributed by atoms with van der Waals surface area (Å²) in [5.41, 5.74) is 0.491. The second-order valence-corrected chi connectivity index (χ2v) is 8.42. The van der Waals surface area contributed by atoms with Gasteiger partial charge < -0.3 is 9.64 Å². The summed E-state index contributed by atoms with van der Waals surface area (Å²) in [6.07, 6.45) is 3.09. The number of likely N-dealkylation sites (tertiary alicyclic amines) is 1. The molecule has 0 spiro atoms. The van der Waals surface area contributed by atoms with Crippen LogP contribution >= 0.6 is 0 Å². The topological polar surface area (TPSA) is 75.7 Å². The number of amides is 1. The third-order valence-electron chi connectivity index (χ3n) is 4.89. The first-order valence-corrected chi connectivity index (χ1v) is 9.65. The normalized spacial score (nSPS) is 21.6. The predicted molar refractivity (Wildman–Crippen MR) is 92.8 cm³/mol. The first-order chi connectivity index (χ1) is 11.3. The van der Waals surface area contributed by atoms with Gasteiger partial charge in [-0.2, -0.15) is 0 Å². The van der Waals surface area contributed by atoms with Gasteiger partial charge in [0.2, 0.25) is 10.0 Å². The molecule has 0 bridgehead atoms.